The van der Waals surface area contributed by atoms with Gasteiger partial charge >= 0.3 is 6.18 Å². The molecule has 1 heterocycles. The quantitative estimate of drug-likeness (QED) is 0.552. The smallest absolute Gasteiger partial charge is 0.383 e. The molecule has 0 unspecified atom stereocenters. The van der Waals surface area contributed by atoms with Gasteiger partial charge in [-0.1, -0.05) is 15.9 Å². The zero-order valence-corrected chi connectivity index (χ0v) is 14.6. The lowest BCUT2D eigenvalue weighted by atomic mass is 10.1. The van der Waals surface area contributed by atoms with Gasteiger partial charge in [0.15, 0.2) is 5.82 Å². The number of carbonyl (C=O) groups excluding carboxylic acids is 1. The molecule has 136 valence electrons. The fourth-order valence-corrected chi connectivity index (χ4v) is 2.50. The third-order valence-electron chi connectivity index (χ3n) is 3.19. The van der Waals surface area contributed by atoms with E-state index in [1.165, 1.54) is 13.2 Å². The van der Waals surface area contributed by atoms with Gasteiger partial charge in [0.05, 0.1) is 13.2 Å². The van der Waals surface area contributed by atoms with Crippen LogP contribution in [-0.4, -0.2) is 37.7 Å². The molecular formula is C15H14BrF4N3O2. The number of carbonyl (C=O) groups is 1. The van der Waals surface area contributed by atoms with Crippen LogP contribution in [0.1, 0.15) is 5.69 Å². The fourth-order valence-electron chi connectivity index (χ4n) is 2.07. The minimum Gasteiger partial charge on any atom is -0.383 e. The average molecular weight is 424 g/mol. The van der Waals surface area contributed by atoms with Gasteiger partial charge in [-0.15, -0.1) is 0 Å². The largest absolute Gasteiger partial charge is 0.433 e. The minimum absolute atomic E-state index is 0.0422. The summed E-state index contributed by atoms with van der Waals surface area (Å²) in [6, 6.07) is 3.20. The molecular weight excluding hydrogens is 410 g/mol. The van der Waals surface area contributed by atoms with E-state index in [2.05, 4.69) is 31.5 Å². The van der Waals surface area contributed by atoms with Crippen LogP contribution in [0.2, 0.25) is 0 Å². The Morgan fingerprint density at radius 3 is 2.68 bits per heavy atom. The highest BCUT2D eigenvalue weighted by molar-refractivity contribution is 9.10. The number of pyridine rings is 1. The first kappa shape index (κ1) is 19.4. The molecule has 0 aliphatic heterocycles. The predicted octanol–water partition coefficient (Wildman–Crippen LogP) is 3.33. The normalized spacial score (nSPS) is 11.6. The summed E-state index contributed by atoms with van der Waals surface area (Å²) in [5.74, 6) is -1.34. The van der Waals surface area contributed by atoms with Crippen molar-refractivity contribution in [3.63, 3.8) is 0 Å². The molecule has 1 aromatic heterocycles. The number of halogens is 5. The molecule has 5 nitrogen and oxygen atoms in total. The van der Waals surface area contributed by atoms with Crippen LogP contribution in [0.25, 0.3) is 10.9 Å². The van der Waals surface area contributed by atoms with Crippen molar-refractivity contribution in [1.29, 1.82) is 0 Å². The highest BCUT2D eigenvalue weighted by atomic mass is 79.9. The summed E-state index contributed by atoms with van der Waals surface area (Å²) in [6.07, 6.45) is -4.75. The van der Waals surface area contributed by atoms with Crippen LogP contribution in [0.4, 0.5) is 23.2 Å². The Hall–Kier alpha value is -1.94. The topological polar surface area (TPSA) is 63.2 Å². The van der Waals surface area contributed by atoms with Crippen LogP contribution >= 0.6 is 15.9 Å². The number of benzene rings is 1. The van der Waals surface area contributed by atoms with Crippen LogP contribution in [0.5, 0.6) is 0 Å². The van der Waals surface area contributed by atoms with Gasteiger partial charge in [0.25, 0.3) is 0 Å². The van der Waals surface area contributed by atoms with E-state index in [1.807, 2.05) is 0 Å². The Labute approximate surface area is 148 Å². The Morgan fingerprint density at radius 2 is 2.04 bits per heavy atom. The number of nitrogens with zero attached hydrogens (tertiary/aromatic N) is 1. The van der Waals surface area contributed by atoms with Gasteiger partial charge in [0.1, 0.15) is 11.2 Å². The van der Waals surface area contributed by atoms with E-state index in [0.717, 1.165) is 12.1 Å². The zero-order valence-electron chi connectivity index (χ0n) is 13.0. The molecule has 10 heteroatoms. The molecule has 0 bridgehead atoms. The van der Waals surface area contributed by atoms with Crippen LogP contribution in [-0.2, 0) is 15.7 Å². The van der Waals surface area contributed by atoms with Crippen LogP contribution in [0.15, 0.2) is 22.7 Å². The second kappa shape index (κ2) is 7.96. The van der Waals surface area contributed by atoms with Gasteiger partial charge in [-0.05, 0) is 18.2 Å². The highest BCUT2D eigenvalue weighted by Crippen LogP contribution is 2.35. The number of nitrogens with one attached hydrogen (secondary N) is 2. The number of methoxy groups -OCH3 is 1. The molecule has 2 N–H and O–H groups in total. The van der Waals surface area contributed by atoms with E-state index in [-0.39, 0.29) is 24.2 Å². The maximum absolute atomic E-state index is 14.0. The molecule has 0 atom stereocenters. The molecule has 2 rings (SSSR count). The number of anilines is 1. The fraction of sp³-hybridized carbons (Fsp3) is 0.333. The summed E-state index contributed by atoms with van der Waals surface area (Å²) < 4.78 is 58.1. The molecule has 0 saturated carbocycles. The van der Waals surface area contributed by atoms with Gasteiger partial charge in [-0.2, -0.15) is 13.2 Å². The van der Waals surface area contributed by atoms with E-state index < -0.39 is 29.1 Å². The first-order valence-corrected chi connectivity index (χ1v) is 7.88. The van der Waals surface area contributed by atoms with Gasteiger partial charge in [-0.3, -0.25) is 4.79 Å². The van der Waals surface area contributed by atoms with Crippen LogP contribution in [0, 0.1) is 5.82 Å². The summed E-state index contributed by atoms with van der Waals surface area (Å²) in [4.78, 5) is 15.1. The molecule has 2 aromatic rings. The monoisotopic (exact) mass is 423 g/mol. The molecule has 0 spiro atoms. The standard InChI is InChI=1S/C15H14BrF4N3O2/c1-25-3-2-21-13(24)7-22-11-6-12(15(18,19)20)23-14-9(11)4-8(16)5-10(14)17/h4-6H,2-3,7H2,1H3,(H,21,24)(H,22,23). The summed E-state index contributed by atoms with van der Waals surface area (Å²) in [6.45, 7) is 0.288. The van der Waals surface area contributed by atoms with Gasteiger partial charge in [0.2, 0.25) is 5.91 Å². The van der Waals surface area contributed by atoms with Crippen molar-refractivity contribution in [1.82, 2.24) is 10.3 Å². The number of fused-ring (bicyclic) bond motifs is 1. The van der Waals surface area contributed by atoms with E-state index in [0.29, 0.717) is 11.1 Å². The van der Waals surface area contributed by atoms with E-state index in [9.17, 15) is 22.4 Å². The lowest BCUT2D eigenvalue weighted by Gasteiger charge is -2.14. The molecule has 1 amide bonds. The van der Waals surface area contributed by atoms with Crippen LogP contribution < -0.4 is 10.6 Å². The Balaban J connectivity index is 2.34. The van der Waals surface area contributed by atoms with Crippen molar-refractivity contribution < 1.29 is 27.1 Å². The second-order valence-electron chi connectivity index (χ2n) is 5.03. The van der Waals surface area contributed by atoms with Crippen molar-refractivity contribution in [3.05, 3.63) is 34.2 Å². The number of hydrogen-bond donors (Lipinski definition) is 2. The first-order chi connectivity index (χ1) is 11.7. The highest BCUT2D eigenvalue weighted by Gasteiger charge is 2.34. The summed E-state index contributed by atoms with van der Waals surface area (Å²) in [7, 11) is 1.47. The zero-order chi connectivity index (χ0) is 18.6. The number of ether oxygens (including phenoxy) is 1. The minimum atomic E-state index is -4.75. The number of alkyl halides is 3. The van der Waals surface area contributed by atoms with E-state index in [4.69, 9.17) is 4.74 Å². The summed E-state index contributed by atoms with van der Waals surface area (Å²) in [5, 5.41) is 5.25. The van der Waals surface area contributed by atoms with Gasteiger partial charge < -0.3 is 15.4 Å². The van der Waals surface area contributed by atoms with Crippen molar-refractivity contribution >= 4 is 38.4 Å². The predicted molar refractivity (Wildman–Crippen MR) is 87.8 cm³/mol. The molecule has 0 aliphatic carbocycles. The van der Waals surface area contributed by atoms with Crippen molar-refractivity contribution in [2.75, 3.05) is 32.1 Å². The van der Waals surface area contributed by atoms with Crippen molar-refractivity contribution in [3.8, 4) is 0 Å². The summed E-state index contributed by atoms with van der Waals surface area (Å²) >= 11 is 3.09. The lowest BCUT2D eigenvalue weighted by Crippen LogP contribution is -2.32. The number of rotatable bonds is 6. The molecule has 25 heavy (non-hydrogen) atoms. The molecule has 0 aliphatic rings. The molecule has 0 saturated heterocycles. The first-order valence-electron chi connectivity index (χ1n) is 7.09. The van der Waals surface area contributed by atoms with E-state index in [1.54, 1.807) is 0 Å². The van der Waals surface area contributed by atoms with Gasteiger partial charge in [0, 0.05) is 29.2 Å². The number of amides is 1. The van der Waals surface area contributed by atoms with Crippen molar-refractivity contribution in [2.45, 2.75) is 6.18 Å². The third-order valence-corrected chi connectivity index (χ3v) is 3.65. The maximum Gasteiger partial charge on any atom is 0.433 e. The Morgan fingerprint density at radius 1 is 1.32 bits per heavy atom. The lowest BCUT2D eigenvalue weighted by molar-refractivity contribution is -0.140. The Kier molecular flexibility index (Phi) is 6.17. The summed E-state index contributed by atoms with van der Waals surface area (Å²) in [5.41, 5.74) is -1.72. The number of aromatic nitrogens is 1. The molecule has 0 fully saturated rings. The second-order valence-corrected chi connectivity index (χ2v) is 5.95. The average Bonchev–Trinajstić information content (AvgIpc) is 2.52. The van der Waals surface area contributed by atoms with Crippen molar-refractivity contribution in [2.24, 2.45) is 0 Å². The third kappa shape index (κ3) is 5.02. The SMILES string of the molecule is COCCNC(=O)CNc1cc(C(F)(F)F)nc2c(F)cc(Br)cc12. The number of hydrogen-bond acceptors (Lipinski definition) is 4. The Bertz CT molecular complexity index is 783. The van der Waals surface area contributed by atoms with Gasteiger partial charge in [-0.25, -0.2) is 9.37 Å². The van der Waals surface area contributed by atoms with E-state index >= 15 is 0 Å². The molecule has 0 radical (unpaired) electrons. The van der Waals surface area contributed by atoms with Crippen LogP contribution in [0.3, 0.4) is 0 Å². The maximum atomic E-state index is 14.0. The molecule has 1 aromatic carbocycles.